The Labute approximate surface area is 123 Å². The number of nitrogens with zero attached hydrogens (tertiary/aromatic N) is 2. The van der Waals surface area contributed by atoms with E-state index in [1.165, 1.54) is 10.6 Å². The predicted molar refractivity (Wildman–Crippen MR) is 79.9 cm³/mol. The van der Waals surface area contributed by atoms with Gasteiger partial charge in [-0.2, -0.15) is 0 Å². The average Bonchev–Trinajstić information content (AvgIpc) is 2.47. The molecule has 5 heteroatoms. The van der Waals surface area contributed by atoms with E-state index in [4.69, 9.17) is 4.74 Å². The molecule has 3 rings (SSSR count). The van der Waals surface area contributed by atoms with E-state index in [2.05, 4.69) is 20.9 Å². The molecule has 0 unspecified atom stereocenters. The summed E-state index contributed by atoms with van der Waals surface area (Å²) in [6.07, 6.45) is 3.14. The van der Waals surface area contributed by atoms with Gasteiger partial charge in [-0.05, 0) is 17.7 Å². The summed E-state index contributed by atoms with van der Waals surface area (Å²) < 4.78 is 7.89. The van der Waals surface area contributed by atoms with Crippen LogP contribution in [0.3, 0.4) is 0 Å². The Morgan fingerprint density at radius 3 is 2.80 bits per heavy atom. The van der Waals surface area contributed by atoms with Crippen LogP contribution >= 0.6 is 15.9 Å². The molecular weight excluding hydrogens is 320 g/mol. The van der Waals surface area contributed by atoms with Gasteiger partial charge in [0.05, 0.1) is 6.20 Å². The maximum absolute atomic E-state index is 12.2. The maximum Gasteiger partial charge on any atom is 0.300 e. The van der Waals surface area contributed by atoms with E-state index in [1.54, 1.807) is 18.3 Å². The fourth-order valence-electron chi connectivity index (χ4n) is 1.87. The van der Waals surface area contributed by atoms with Crippen LogP contribution in [0.5, 0.6) is 5.75 Å². The van der Waals surface area contributed by atoms with Crippen LogP contribution in [0.15, 0.2) is 64.1 Å². The molecule has 0 atom stereocenters. The minimum atomic E-state index is -0.210. The van der Waals surface area contributed by atoms with Crippen LogP contribution in [0, 0.1) is 0 Å². The van der Waals surface area contributed by atoms with Crippen molar-refractivity contribution in [2.45, 2.75) is 6.61 Å². The molecule has 0 bridgehead atoms. The van der Waals surface area contributed by atoms with E-state index in [1.807, 2.05) is 30.3 Å². The molecule has 0 spiro atoms. The first-order valence-corrected chi connectivity index (χ1v) is 6.87. The molecule has 0 fully saturated rings. The minimum Gasteiger partial charge on any atom is -0.482 e. The van der Waals surface area contributed by atoms with Gasteiger partial charge in [0.1, 0.15) is 12.3 Å². The first-order valence-electron chi connectivity index (χ1n) is 6.08. The SMILES string of the molecule is O=c1c(OCc2ccccc2)cnc2cc(Br)ccn12. The lowest BCUT2D eigenvalue weighted by atomic mass is 10.2. The van der Waals surface area contributed by atoms with Gasteiger partial charge in [0, 0.05) is 10.7 Å². The molecule has 0 aliphatic rings. The summed E-state index contributed by atoms with van der Waals surface area (Å²) in [7, 11) is 0. The lowest BCUT2D eigenvalue weighted by Gasteiger charge is -2.07. The highest BCUT2D eigenvalue weighted by molar-refractivity contribution is 9.10. The van der Waals surface area contributed by atoms with Gasteiger partial charge in [0.25, 0.3) is 5.56 Å². The van der Waals surface area contributed by atoms with E-state index in [0.717, 1.165) is 10.0 Å². The number of fused-ring (bicyclic) bond motifs is 1. The van der Waals surface area contributed by atoms with Gasteiger partial charge < -0.3 is 4.74 Å². The van der Waals surface area contributed by atoms with Gasteiger partial charge >= 0.3 is 0 Å². The summed E-state index contributed by atoms with van der Waals surface area (Å²) in [5.74, 6) is 0.244. The molecule has 1 aromatic carbocycles. The summed E-state index contributed by atoms with van der Waals surface area (Å²) in [5, 5.41) is 0. The highest BCUT2D eigenvalue weighted by Crippen LogP contribution is 2.12. The number of halogens is 1. The quantitative estimate of drug-likeness (QED) is 0.741. The molecule has 2 heterocycles. The molecular formula is C15H11BrN2O2. The van der Waals surface area contributed by atoms with Crippen LogP contribution < -0.4 is 10.3 Å². The van der Waals surface area contributed by atoms with E-state index in [0.29, 0.717) is 12.3 Å². The summed E-state index contributed by atoms with van der Waals surface area (Å²) in [5.41, 5.74) is 1.38. The van der Waals surface area contributed by atoms with E-state index in [-0.39, 0.29) is 11.3 Å². The molecule has 3 aromatic rings. The van der Waals surface area contributed by atoms with Gasteiger partial charge in [0.15, 0.2) is 0 Å². The van der Waals surface area contributed by atoms with Crippen molar-refractivity contribution in [3.63, 3.8) is 0 Å². The van der Waals surface area contributed by atoms with Crippen LogP contribution in [-0.4, -0.2) is 9.38 Å². The summed E-state index contributed by atoms with van der Waals surface area (Å²) >= 11 is 3.35. The third kappa shape index (κ3) is 2.58. The average molecular weight is 331 g/mol. The first-order chi connectivity index (χ1) is 9.74. The van der Waals surface area contributed by atoms with Crippen LogP contribution in [0.4, 0.5) is 0 Å². The Balaban J connectivity index is 1.91. The Morgan fingerprint density at radius 2 is 2.00 bits per heavy atom. The predicted octanol–water partition coefficient (Wildman–Crippen LogP) is 3.04. The number of ether oxygens (including phenoxy) is 1. The fraction of sp³-hybridized carbons (Fsp3) is 0.0667. The van der Waals surface area contributed by atoms with Crippen molar-refractivity contribution in [2.24, 2.45) is 0 Å². The molecule has 0 aliphatic heterocycles. The van der Waals surface area contributed by atoms with Gasteiger partial charge in [-0.1, -0.05) is 46.3 Å². The Kier molecular flexibility index (Phi) is 3.52. The largest absolute Gasteiger partial charge is 0.482 e. The van der Waals surface area contributed by atoms with E-state index < -0.39 is 0 Å². The molecule has 0 N–H and O–H groups in total. The zero-order chi connectivity index (χ0) is 13.9. The van der Waals surface area contributed by atoms with Crippen molar-refractivity contribution < 1.29 is 4.74 Å². The zero-order valence-corrected chi connectivity index (χ0v) is 12.1. The number of hydrogen-bond acceptors (Lipinski definition) is 3. The van der Waals surface area contributed by atoms with Crippen LogP contribution in [0.2, 0.25) is 0 Å². The van der Waals surface area contributed by atoms with Gasteiger partial charge in [-0.25, -0.2) is 4.98 Å². The molecule has 4 nitrogen and oxygen atoms in total. The Morgan fingerprint density at radius 1 is 1.20 bits per heavy atom. The summed E-state index contributed by atoms with van der Waals surface area (Å²) in [6.45, 7) is 0.348. The second-order valence-corrected chi connectivity index (χ2v) is 5.19. The zero-order valence-electron chi connectivity index (χ0n) is 10.5. The Bertz CT molecular complexity index is 800. The normalized spacial score (nSPS) is 10.7. The first kappa shape index (κ1) is 12.9. The molecule has 0 saturated heterocycles. The van der Waals surface area contributed by atoms with Crippen molar-refractivity contribution in [1.82, 2.24) is 9.38 Å². The van der Waals surface area contributed by atoms with Crippen molar-refractivity contribution in [3.8, 4) is 5.75 Å². The standard InChI is InChI=1S/C15H11BrN2O2/c16-12-6-7-18-14(8-12)17-9-13(15(18)19)20-10-11-4-2-1-3-5-11/h1-9H,10H2. The van der Waals surface area contributed by atoms with Gasteiger partial charge in [-0.15, -0.1) is 0 Å². The van der Waals surface area contributed by atoms with E-state index >= 15 is 0 Å². The van der Waals surface area contributed by atoms with Crippen molar-refractivity contribution >= 4 is 21.6 Å². The molecule has 0 aliphatic carbocycles. The highest BCUT2D eigenvalue weighted by Gasteiger charge is 2.06. The lowest BCUT2D eigenvalue weighted by molar-refractivity contribution is 0.300. The van der Waals surface area contributed by atoms with Crippen molar-refractivity contribution in [1.29, 1.82) is 0 Å². The summed E-state index contributed by atoms with van der Waals surface area (Å²) in [4.78, 5) is 16.5. The number of pyridine rings is 1. The minimum absolute atomic E-state index is 0.210. The molecule has 2 aromatic heterocycles. The molecule has 100 valence electrons. The highest BCUT2D eigenvalue weighted by atomic mass is 79.9. The van der Waals surface area contributed by atoms with Gasteiger partial charge in [0.2, 0.25) is 5.75 Å². The number of aromatic nitrogens is 2. The molecule has 20 heavy (non-hydrogen) atoms. The third-order valence-corrected chi connectivity index (χ3v) is 3.37. The van der Waals surface area contributed by atoms with Gasteiger partial charge in [-0.3, -0.25) is 9.20 Å². The second kappa shape index (κ2) is 5.46. The molecule has 0 radical (unpaired) electrons. The van der Waals surface area contributed by atoms with Crippen LogP contribution in [0.1, 0.15) is 5.56 Å². The smallest absolute Gasteiger partial charge is 0.300 e. The fourth-order valence-corrected chi connectivity index (χ4v) is 2.19. The second-order valence-electron chi connectivity index (χ2n) is 4.28. The van der Waals surface area contributed by atoms with Crippen LogP contribution in [0.25, 0.3) is 5.65 Å². The van der Waals surface area contributed by atoms with Crippen molar-refractivity contribution in [3.05, 3.63) is 75.2 Å². The van der Waals surface area contributed by atoms with Crippen LogP contribution in [-0.2, 0) is 6.61 Å². The number of rotatable bonds is 3. The lowest BCUT2D eigenvalue weighted by Crippen LogP contribution is -2.17. The molecule has 0 saturated carbocycles. The molecule has 0 amide bonds. The van der Waals surface area contributed by atoms with E-state index in [9.17, 15) is 4.79 Å². The number of hydrogen-bond donors (Lipinski definition) is 0. The topological polar surface area (TPSA) is 43.6 Å². The maximum atomic E-state index is 12.2. The van der Waals surface area contributed by atoms with Crippen molar-refractivity contribution in [2.75, 3.05) is 0 Å². The Hall–Kier alpha value is -2.14. The third-order valence-electron chi connectivity index (χ3n) is 2.88. The monoisotopic (exact) mass is 330 g/mol. The summed E-state index contributed by atoms with van der Waals surface area (Å²) in [6, 6.07) is 13.3. The number of benzene rings is 1.